The molecule has 2 aromatic rings. The first kappa shape index (κ1) is 17.3. The van der Waals surface area contributed by atoms with Crippen LogP contribution < -0.4 is 10.1 Å². The van der Waals surface area contributed by atoms with Gasteiger partial charge in [0.1, 0.15) is 5.75 Å². The molecule has 5 heteroatoms. The average Bonchev–Trinajstić information content (AvgIpc) is 2.56. The van der Waals surface area contributed by atoms with Crippen molar-refractivity contribution in [2.24, 2.45) is 0 Å². The molecule has 0 radical (unpaired) electrons. The first-order valence-electron chi connectivity index (χ1n) is 7.36. The Morgan fingerprint density at radius 2 is 1.83 bits per heavy atom. The predicted molar refractivity (Wildman–Crippen MR) is 93.2 cm³/mol. The summed E-state index contributed by atoms with van der Waals surface area (Å²) in [7, 11) is 5.48. The fraction of sp³-hybridized carbons (Fsp3) is 0.278. The lowest BCUT2D eigenvalue weighted by atomic mass is 10.1. The van der Waals surface area contributed by atoms with Crippen molar-refractivity contribution < 1.29 is 9.53 Å². The van der Waals surface area contributed by atoms with Gasteiger partial charge in [0, 0.05) is 11.6 Å². The van der Waals surface area contributed by atoms with Crippen LogP contribution >= 0.6 is 11.6 Å². The Labute approximate surface area is 142 Å². The van der Waals surface area contributed by atoms with E-state index in [1.807, 2.05) is 55.4 Å². The van der Waals surface area contributed by atoms with E-state index in [0.717, 1.165) is 5.56 Å². The molecule has 0 aliphatic heterocycles. The zero-order chi connectivity index (χ0) is 16.8. The summed E-state index contributed by atoms with van der Waals surface area (Å²) < 4.78 is 5.23. The second-order valence-corrected chi connectivity index (χ2v) is 5.82. The summed E-state index contributed by atoms with van der Waals surface area (Å²) in [6.45, 7) is 0.452. The lowest BCUT2D eigenvalue weighted by molar-refractivity contribution is 0.0939. The molecule has 1 amide bonds. The van der Waals surface area contributed by atoms with Gasteiger partial charge in [-0.2, -0.15) is 0 Å². The van der Waals surface area contributed by atoms with Crippen LogP contribution in [0.25, 0.3) is 0 Å². The topological polar surface area (TPSA) is 41.6 Å². The average molecular weight is 333 g/mol. The molecule has 0 unspecified atom stereocenters. The molecular weight excluding hydrogens is 312 g/mol. The van der Waals surface area contributed by atoms with E-state index in [1.54, 1.807) is 19.2 Å². The number of carbonyl (C=O) groups is 1. The zero-order valence-electron chi connectivity index (χ0n) is 13.5. The molecular formula is C18H21ClN2O2. The van der Waals surface area contributed by atoms with Crippen LogP contribution in [0.15, 0.2) is 48.5 Å². The Balaban J connectivity index is 2.13. The van der Waals surface area contributed by atoms with Crippen LogP contribution in [-0.4, -0.2) is 38.6 Å². The summed E-state index contributed by atoms with van der Waals surface area (Å²) >= 11 is 6.28. The number of likely N-dealkylation sites (N-methyl/N-ethyl adjacent to an activating group) is 1. The quantitative estimate of drug-likeness (QED) is 0.881. The molecule has 0 heterocycles. The van der Waals surface area contributed by atoms with E-state index in [2.05, 4.69) is 5.32 Å². The van der Waals surface area contributed by atoms with Gasteiger partial charge < -0.3 is 15.0 Å². The number of benzene rings is 2. The summed E-state index contributed by atoms with van der Waals surface area (Å²) in [4.78, 5) is 14.5. The summed E-state index contributed by atoms with van der Waals surface area (Å²) in [5.41, 5.74) is 1.51. The Morgan fingerprint density at radius 1 is 1.17 bits per heavy atom. The minimum Gasteiger partial charge on any atom is -0.496 e. The first-order chi connectivity index (χ1) is 11.0. The minimum atomic E-state index is -0.165. The van der Waals surface area contributed by atoms with Crippen LogP contribution in [0.5, 0.6) is 5.75 Å². The van der Waals surface area contributed by atoms with Gasteiger partial charge in [0.25, 0.3) is 5.91 Å². The fourth-order valence-corrected chi connectivity index (χ4v) is 2.69. The van der Waals surface area contributed by atoms with Gasteiger partial charge in [-0.05, 0) is 37.9 Å². The van der Waals surface area contributed by atoms with Crippen LogP contribution in [0.3, 0.4) is 0 Å². The van der Waals surface area contributed by atoms with Crippen molar-refractivity contribution in [2.45, 2.75) is 6.04 Å². The van der Waals surface area contributed by atoms with Gasteiger partial charge in [-0.1, -0.05) is 41.9 Å². The summed E-state index contributed by atoms with van der Waals surface area (Å²) in [5, 5.41) is 3.65. The third kappa shape index (κ3) is 4.24. The molecule has 1 N–H and O–H groups in total. The standard InChI is InChI=1S/C18H21ClN2O2/c1-21(2)16(13-8-4-6-10-15(13)19)12-20-18(22)14-9-5-7-11-17(14)23-3/h4-11,16H,12H2,1-3H3,(H,20,22)/t16-/m0/s1. The Hall–Kier alpha value is -2.04. The molecule has 0 saturated carbocycles. The SMILES string of the molecule is COc1ccccc1C(=O)NC[C@@H](c1ccccc1Cl)N(C)C. The third-order valence-corrected chi connectivity index (χ3v) is 4.04. The number of methoxy groups -OCH3 is 1. The lowest BCUT2D eigenvalue weighted by Gasteiger charge is -2.26. The van der Waals surface area contributed by atoms with Crippen molar-refractivity contribution >= 4 is 17.5 Å². The number of rotatable bonds is 6. The van der Waals surface area contributed by atoms with E-state index in [1.165, 1.54) is 0 Å². The van der Waals surface area contributed by atoms with Crippen molar-refractivity contribution in [1.82, 2.24) is 10.2 Å². The van der Waals surface area contributed by atoms with Crippen molar-refractivity contribution in [3.63, 3.8) is 0 Å². The normalized spacial score (nSPS) is 12.0. The van der Waals surface area contributed by atoms with Crippen molar-refractivity contribution in [1.29, 1.82) is 0 Å². The number of nitrogens with one attached hydrogen (secondary N) is 1. The first-order valence-corrected chi connectivity index (χ1v) is 7.74. The molecule has 4 nitrogen and oxygen atoms in total. The van der Waals surface area contributed by atoms with Crippen molar-refractivity contribution in [3.05, 3.63) is 64.7 Å². The van der Waals surface area contributed by atoms with Gasteiger partial charge in [0.2, 0.25) is 0 Å². The Bertz CT molecular complexity index is 674. The predicted octanol–water partition coefficient (Wildman–Crippen LogP) is 3.38. The molecule has 1 atom stereocenters. The van der Waals surface area contributed by atoms with E-state index >= 15 is 0 Å². The second-order valence-electron chi connectivity index (χ2n) is 5.41. The molecule has 122 valence electrons. The van der Waals surface area contributed by atoms with Gasteiger partial charge in [0.15, 0.2) is 0 Å². The molecule has 0 aliphatic rings. The summed E-state index contributed by atoms with van der Waals surface area (Å²) in [6, 6.07) is 14.8. The Morgan fingerprint density at radius 3 is 2.48 bits per heavy atom. The van der Waals surface area contributed by atoms with Gasteiger partial charge in [-0.3, -0.25) is 4.79 Å². The highest BCUT2D eigenvalue weighted by Crippen LogP contribution is 2.25. The number of ether oxygens (including phenoxy) is 1. The van der Waals surface area contributed by atoms with Crippen LogP contribution in [-0.2, 0) is 0 Å². The van der Waals surface area contributed by atoms with Gasteiger partial charge in [-0.25, -0.2) is 0 Å². The van der Waals surface area contributed by atoms with Crippen molar-refractivity contribution in [3.8, 4) is 5.75 Å². The molecule has 0 aromatic heterocycles. The number of halogens is 1. The number of carbonyl (C=O) groups excluding carboxylic acids is 1. The number of hydrogen-bond acceptors (Lipinski definition) is 3. The monoisotopic (exact) mass is 332 g/mol. The molecule has 0 fully saturated rings. The summed E-state index contributed by atoms with van der Waals surface area (Å²) in [6.07, 6.45) is 0. The van der Waals surface area contributed by atoms with Crippen LogP contribution in [0.1, 0.15) is 22.0 Å². The number of hydrogen-bond donors (Lipinski definition) is 1. The molecule has 0 saturated heterocycles. The number of para-hydroxylation sites is 1. The van der Waals surface area contributed by atoms with Crippen molar-refractivity contribution in [2.75, 3.05) is 27.7 Å². The van der Waals surface area contributed by atoms with E-state index in [9.17, 15) is 4.79 Å². The molecule has 23 heavy (non-hydrogen) atoms. The largest absolute Gasteiger partial charge is 0.496 e. The maximum Gasteiger partial charge on any atom is 0.255 e. The Kier molecular flexibility index (Phi) is 6.02. The molecule has 2 aromatic carbocycles. The van der Waals surface area contributed by atoms with E-state index in [0.29, 0.717) is 22.9 Å². The third-order valence-electron chi connectivity index (χ3n) is 3.70. The molecule has 0 aliphatic carbocycles. The smallest absolute Gasteiger partial charge is 0.255 e. The molecule has 0 spiro atoms. The number of amides is 1. The van der Waals surface area contributed by atoms with E-state index < -0.39 is 0 Å². The van der Waals surface area contributed by atoms with E-state index in [-0.39, 0.29) is 11.9 Å². The van der Waals surface area contributed by atoms with Gasteiger partial charge >= 0.3 is 0 Å². The van der Waals surface area contributed by atoms with Crippen LogP contribution in [0.2, 0.25) is 5.02 Å². The van der Waals surface area contributed by atoms with Gasteiger partial charge in [0.05, 0.1) is 18.7 Å². The highest BCUT2D eigenvalue weighted by atomic mass is 35.5. The maximum absolute atomic E-state index is 12.4. The maximum atomic E-state index is 12.4. The molecule has 2 rings (SSSR count). The van der Waals surface area contributed by atoms with Crippen LogP contribution in [0, 0.1) is 0 Å². The number of nitrogens with zero attached hydrogens (tertiary/aromatic N) is 1. The minimum absolute atomic E-state index is 0.0117. The second kappa shape index (κ2) is 7.99. The molecule has 0 bridgehead atoms. The zero-order valence-corrected chi connectivity index (χ0v) is 14.3. The highest BCUT2D eigenvalue weighted by molar-refractivity contribution is 6.31. The lowest BCUT2D eigenvalue weighted by Crippen LogP contribution is -2.34. The highest BCUT2D eigenvalue weighted by Gasteiger charge is 2.19. The van der Waals surface area contributed by atoms with Gasteiger partial charge in [-0.15, -0.1) is 0 Å². The summed E-state index contributed by atoms with van der Waals surface area (Å²) in [5.74, 6) is 0.394. The van der Waals surface area contributed by atoms with Crippen LogP contribution in [0.4, 0.5) is 0 Å². The fourth-order valence-electron chi connectivity index (χ4n) is 2.43. The van der Waals surface area contributed by atoms with E-state index in [4.69, 9.17) is 16.3 Å².